The molecule has 3 nitrogen and oxygen atoms in total. The molecule has 0 radical (unpaired) electrons. The van der Waals surface area contributed by atoms with Gasteiger partial charge in [0.25, 0.3) is 0 Å². The molecule has 1 aliphatic rings. The van der Waals surface area contributed by atoms with E-state index in [9.17, 15) is 9.50 Å². The van der Waals surface area contributed by atoms with Gasteiger partial charge in [0.15, 0.2) is 11.6 Å². The Morgan fingerprint density at radius 2 is 2.21 bits per heavy atom. The van der Waals surface area contributed by atoms with Gasteiger partial charge in [-0.3, -0.25) is 4.90 Å². The minimum atomic E-state index is -0.338. The number of nitrogens with zero attached hydrogens (tertiary/aromatic N) is 1. The molecule has 1 atom stereocenters. The van der Waals surface area contributed by atoms with Crippen molar-refractivity contribution >= 4 is 0 Å². The summed E-state index contributed by atoms with van der Waals surface area (Å²) in [4.78, 5) is 2.21. The summed E-state index contributed by atoms with van der Waals surface area (Å²) in [5, 5.41) is 10.1. The zero-order valence-electron chi connectivity index (χ0n) is 11.8. The Labute approximate surface area is 114 Å². The summed E-state index contributed by atoms with van der Waals surface area (Å²) in [5.74, 6) is -0.0722. The molecule has 1 aromatic rings. The summed E-state index contributed by atoms with van der Waals surface area (Å²) in [6.07, 6.45) is 1.48. The van der Waals surface area contributed by atoms with Crippen molar-refractivity contribution in [3.63, 3.8) is 0 Å². The van der Waals surface area contributed by atoms with Crippen LogP contribution in [0, 0.1) is 5.82 Å². The average molecular weight is 267 g/mol. The van der Waals surface area contributed by atoms with Gasteiger partial charge in [-0.1, -0.05) is 6.07 Å². The average Bonchev–Trinajstić information content (AvgIpc) is 2.36. The van der Waals surface area contributed by atoms with Crippen LogP contribution in [0.2, 0.25) is 0 Å². The van der Waals surface area contributed by atoms with Crippen molar-refractivity contribution in [3.05, 3.63) is 29.6 Å². The minimum absolute atomic E-state index is 0.265. The first kappa shape index (κ1) is 14.3. The maximum Gasteiger partial charge on any atom is 0.165 e. The van der Waals surface area contributed by atoms with Crippen LogP contribution in [0.1, 0.15) is 32.3 Å². The third-order valence-electron chi connectivity index (χ3n) is 4.13. The predicted molar refractivity (Wildman–Crippen MR) is 72.7 cm³/mol. The van der Waals surface area contributed by atoms with Gasteiger partial charge in [-0.15, -0.1) is 0 Å². The van der Waals surface area contributed by atoms with Crippen LogP contribution < -0.4 is 4.74 Å². The number of ether oxygens (including phenoxy) is 1. The smallest absolute Gasteiger partial charge is 0.165 e. The highest BCUT2D eigenvalue weighted by atomic mass is 19.1. The second kappa shape index (κ2) is 5.47. The first-order valence-corrected chi connectivity index (χ1v) is 6.70. The molecule has 19 heavy (non-hydrogen) atoms. The number of aliphatic hydroxyl groups excluding tert-OH is 1. The van der Waals surface area contributed by atoms with Crippen molar-refractivity contribution < 1.29 is 14.2 Å². The summed E-state index contributed by atoms with van der Waals surface area (Å²) in [6.45, 7) is 5.65. The number of methoxy groups -OCH3 is 1. The van der Waals surface area contributed by atoms with Gasteiger partial charge in [0.1, 0.15) is 0 Å². The Bertz CT molecular complexity index is 448. The topological polar surface area (TPSA) is 32.7 Å². The van der Waals surface area contributed by atoms with Gasteiger partial charge in [-0.05, 0) is 50.9 Å². The van der Waals surface area contributed by atoms with Gasteiger partial charge >= 0.3 is 0 Å². The second-order valence-corrected chi connectivity index (χ2v) is 5.70. The van der Waals surface area contributed by atoms with Crippen molar-refractivity contribution in [3.8, 4) is 5.75 Å². The Balaban J connectivity index is 2.14. The van der Waals surface area contributed by atoms with Crippen molar-refractivity contribution in [1.29, 1.82) is 0 Å². The third-order valence-corrected chi connectivity index (χ3v) is 4.13. The molecule has 1 heterocycles. The van der Waals surface area contributed by atoms with Crippen LogP contribution in [-0.4, -0.2) is 35.3 Å². The molecular formula is C15H22FNO2. The molecule has 1 fully saturated rings. The fraction of sp³-hybridized carbons (Fsp3) is 0.600. The summed E-state index contributed by atoms with van der Waals surface area (Å²) >= 11 is 0. The van der Waals surface area contributed by atoms with Gasteiger partial charge in [0, 0.05) is 12.1 Å². The first-order chi connectivity index (χ1) is 8.95. The molecule has 4 heteroatoms. The van der Waals surface area contributed by atoms with Crippen LogP contribution in [0.15, 0.2) is 18.2 Å². The van der Waals surface area contributed by atoms with Crippen molar-refractivity contribution in [2.75, 3.05) is 13.7 Å². The summed E-state index contributed by atoms with van der Waals surface area (Å²) < 4.78 is 18.6. The Morgan fingerprint density at radius 1 is 1.47 bits per heavy atom. The van der Waals surface area contributed by atoms with Gasteiger partial charge in [-0.2, -0.15) is 0 Å². The second-order valence-electron chi connectivity index (χ2n) is 5.70. The molecule has 0 aromatic heterocycles. The van der Waals surface area contributed by atoms with E-state index in [-0.39, 0.29) is 23.2 Å². The molecule has 0 saturated carbocycles. The Hall–Kier alpha value is -1.13. The molecule has 2 rings (SSSR count). The van der Waals surface area contributed by atoms with E-state index in [4.69, 9.17) is 4.74 Å². The molecule has 1 aliphatic heterocycles. The van der Waals surface area contributed by atoms with E-state index >= 15 is 0 Å². The van der Waals surface area contributed by atoms with E-state index in [0.29, 0.717) is 6.54 Å². The molecule has 0 bridgehead atoms. The number of benzene rings is 1. The van der Waals surface area contributed by atoms with Gasteiger partial charge in [0.2, 0.25) is 0 Å². The number of likely N-dealkylation sites (tertiary alicyclic amines) is 1. The lowest BCUT2D eigenvalue weighted by Gasteiger charge is -2.46. The predicted octanol–water partition coefficient (Wildman–Crippen LogP) is 2.57. The van der Waals surface area contributed by atoms with Gasteiger partial charge in [-0.25, -0.2) is 4.39 Å². The normalized spacial score (nSPS) is 23.3. The molecule has 0 amide bonds. The minimum Gasteiger partial charge on any atom is -0.494 e. The van der Waals surface area contributed by atoms with Crippen LogP contribution in [0.5, 0.6) is 5.75 Å². The fourth-order valence-electron chi connectivity index (χ4n) is 2.64. The number of halogens is 1. The lowest BCUT2D eigenvalue weighted by atomic mass is 9.87. The lowest BCUT2D eigenvalue weighted by Crippen LogP contribution is -2.55. The quantitative estimate of drug-likeness (QED) is 0.913. The zero-order valence-corrected chi connectivity index (χ0v) is 11.8. The van der Waals surface area contributed by atoms with Gasteiger partial charge < -0.3 is 9.84 Å². The number of aliphatic hydroxyl groups is 1. The first-order valence-electron chi connectivity index (χ1n) is 6.70. The number of piperidine rings is 1. The standard InChI is InChI=1S/C15H22FNO2/c1-15(2)14(18)5-4-8-17(15)10-11-6-7-13(19-3)12(16)9-11/h6-7,9,14,18H,4-5,8,10H2,1-3H3. The Morgan fingerprint density at radius 3 is 2.84 bits per heavy atom. The monoisotopic (exact) mass is 267 g/mol. The van der Waals surface area contributed by atoms with Crippen molar-refractivity contribution in [2.24, 2.45) is 0 Å². The van der Waals surface area contributed by atoms with E-state index < -0.39 is 0 Å². The highest BCUT2D eigenvalue weighted by Crippen LogP contribution is 2.30. The summed E-state index contributed by atoms with van der Waals surface area (Å²) in [5.41, 5.74) is 0.634. The number of hydrogen-bond donors (Lipinski definition) is 1. The highest BCUT2D eigenvalue weighted by Gasteiger charge is 2.37. The molecule has 1 unspecified atom stereocenters. The lowest BCUT2D eigenvalue weighted by molar-refractivity contribution is -0.0481. The molecule has 0 spiro atoms. The van der Waals surface area contributed by atoms with Crippen LogP contribution in [0.25, 0.3) is 0 Å². The number of rotatable bonds is 3. The SMILES string of the molecule is COc1ccc(CN2CCCC(O)C2(C)C)cc1F. The molecule has 106 valence electrons. The van der Waals surface area contributed by atoms with Crippen molar-refractivity contribution in [2.45, 2.75) is 44.9 Å². The fourth-order valence-corrected chi connectivity index (χ4v) is 2.64. The molecule has 0 aliphatic carbocycles. The van der Waals surface area contributed by atoms with Crippen LogP contribution in [-0.2, 0) is 6.54 Å². The third kappa shape index (κ3) is 2.90. The van der Waals surface area contributed by atoms with Gasteiger partial charge in [0.05, 0.1) is 13.2 Å². The van der Waals surface area contributed by atoms with E-state index in [1.165, 1.54) is 13.2 Å². The molecule has 1 N–H and O–H groups in total. The zero-order chi connectivity index (χ0) is 14.0. The van der Waals surface area contributed by atoms with Crippen molar-refractivity contribution in [1.82, 2.24) is 4.90 Å². The van der Waals surface area contributed by atoms with E-state index in [1.54, 1.807) is 6.07 Å². The molecule has 1 aromatic carbocycles. The van der Waals surface area contributed by atoms with Crippen LogP contribution >= 0.6 is 0 Å². The highest BCUT2D eigenvalue weighted by molar-refractivity contribution is 5.29. The Kier molecular flexibility index (Phi) is 4.11. The summed E-state index contributed by atoms with van der Waals surface area (Å²) in [6, 6.07) is 5.03. The largest absolute Gasteiger partial charge is 0.494 e. The molecular weight excluding hydrogens is 245 g/mol. The van der Waals surface area contributed by atoms with E-state index in [1.807, 2.05) is 19.9 Å². The number of hydrogen-bond acceptors (Lipinski definition) is 3. The molecule has 1 saturated heterocycles. The van der Waals surface area contributed by atoms with Crippen LogP contribution in [0.3, 0.4) is 0 Å². The van der Waals surface area contributed by atoms with E-state index in [2.05, 4.69) is 4.90 Å². The van der Waals surface area contributed by atoms with E-state index in [0.717, 1.165) is 24.9 Å². The maximum absolute atomic E-state index is 13.7. The summed E-state index contributed by atoms with van der Waals surface area (Å²) in [7, 11) is 1.46. The van der Waals surface area contributed by atoms with Crippen LogP contribution in [0.4, 0.5) is 4.39 Å². The maximum atomic E-state index is 13.7.